The van der Waals surface area contributed by atoms with Crippen molar-refractivity contribution in [1.82, 2.24) is 0 Å². The normalized spacial score (nSPS) is 23.6. The molecule has 0 amide bonds. The number of rotatable bonds is 1. The number of carbonyl (C=O) groups excluding carboxylic acids is 1. The minimum absolute atomic E-state index is 0.188. The number of halogens is 2. The highest BCUT2D eigenvalue weighted by Gasteiger charge is 2.37. The van der Waals surface area contributed by atoms with Crippen LogP contribution < -0.4 is 0 Å². The zero-order valence-electron chi connectivity index (χ0n) is 6.98. The minimum Gasteiger partial charge on any atom is -0.469 e. The van der Waals surface area contributed by atoms with Gasteiger partial charge in [-0.15, -0.1) is 0 Å². The predicted octanol–water partition coefficient (Wildman–Crippen LogP) is 1.98. The molecule has 0 bridgehead atoms. The number of esters is 1. The van der Waals surface area contributed by atoms with Gasteiger partial charge in [-0.25, -0.2) is 8.78 Å². The van der Waals surface area contributed by atoms with Crippen molar-refractivity contribution in [3.05, 3.63) is 0 Å². The van der Waals surface area contributed by atoms with E-state index in [1.807, 2.05) is 0 Å². The molecule has 1 aliphatic rings. The molecule has 0 spiro atoms. The van der Waals surface area contributed by atoms with Crippen LogP contribution in [0.25, 0.3) is 0 Å². The molecule has 0 saturated heterocycles. The van der Waals surface area contributed by atoms with E-state index < -0.39 is 5.92 Å². The highest BCUT2D eigenvalue weighted by Crippen LogP contribution is 2.36. The molecule has 0 atom stereocenters. The topological polar surface area (TPSA) is 26.3 Å². The summed E-state index contributed by atoms with van der Waals surface area (Å²) >= 11 is 0. The first-order valence-corrected chi connectivity index (χ1v) is 4.01. The summed E-state index contributed by atoms with van der Waals surface area (Å²) in [6.07, 6.45) is 0.124. The summed E-state index contributed by atoms with van der Waals surface area (Å²) in [5.74, 6) is -3.23. The fraction of sp³-hybridized carbons (Fsp3) is 0.875. The van der Waals surface area contributed by atoms with Gasteiger partial charge in [0, 0.05) is 12.8 Å². The molecule has 1 saturated carbocycles. The molecule has 1 aliphatic carbocycles. The van der Waals surface area contributed by atoms with Gasteiger partial charge >= 0.3 is 5.97 Å². The van der Waals surface area contributed by atoms with Crippen molar-refractivity contribution in [1.29, 1.82) is 0 Å². The van der Waals surface area contributed by atoms with E-state index in [4.69, 9.17) is 0 Å². The second-order valence-electron chi connectivity index (χ2n) is 3.15. The van der Waals surface area contributed by atoms with Crippen LogP contribution in [-0.4, -0.2) is 19.0 Å². The summed E-state index contributed by atoms with van der Waals surface area (Å²) in [5, 5.41) is 0. The third-order valence-electron chi connectivity index (χ3n) is 2.25. The van der Waals surface area contributed by atoms with Crippen molar-refractivity contribution in [2.75, 3.05) is 7.11 Å². The Morgan fingerprint density at radius 3 is 2.33 bits per heavy atom. The first-order valence-electron chi connectivity index (χ1n) is 4.01. The van der Waals surface area contributed by atoms with Crippen molar-refractivity contribution in [3.63, 3.8) is 0 Å². The number of alkyl halides is 2. The average Bonchev–Trinajstić information content (AvgIpc) is 2.03. The summed E-state index contributed by atoms with van der Waals surface area (Å²) in [5.41, 5.74) is 0. The van der Waals surface area contributed by atoms with Gasteiger partial charge in [0.1, 0.15) is 0 Å². The molecule has 0 N–H and O–H groups in total. The summed E-state index contributed by atoms with van der Waals surface area (Å²) in [6.45, 7) is 0. The van der Waals surface area contributed by atoms with Gasteiger partial charge in [0.2, 0.25) is 5.92 Å². The van der Waals surface area contributed by atoms with Gasteiger partial charge in [-0.2, -0.15) is 0 Å². The second-order valence-corrected chi connectivity index (χ2v) is 3.15. The Bertz CT molecular complexity index is 170. The molecule has 0 aliphatic heterocycles. The molecule has 1 rings (SSSR count). The second kappa shape index (κ2) is 3.37. The van der Waals surface area contributed by atoms with E-state index in [1.165, 1.54) is 7.11 Å². The fourth-order valence-electron chi connectivity index (χ4n) is 1.44. The highest BCUT2D eigenvalue weighted by molar-refractivity contribution is 5.72. The van der Waals surface area contributed by atoms with E-state index >= 15 is 0 Å². The standard InChI is InChI=1S/C8H12F2O2/c1-12-7(11)6-2-4-8(9,10)5-3-6/h6H,2-5H2,1H3. The SMILES string of the molecule is COC(=O)C1CCC(F)(F)CC1. The van der Waals surface area contributed by atoms with Gasteiger partial charge in [0.15, 0.2) is 0 Å². The van der Waals surface area contributed by atoms with Gasteiger partial charge in [-0.3, -0.25) is 4.79 Å². The van der Waals surface area contributed by atoms with Crippen LogP contribution in [0.15, 0.2) is 0 Å². The Balaban J connectivity index is 2.41. The molecule has 0 aromatic heterocycles. The van der Waals surface area contributed by atoms with Crippen LogP contribution >= 0.6 is 0 Å². The van der Waals surface area contributed by atoms with Crippen molar-refractivity contribution in [3.8, 4) is 0 Å². The molecule has 0 heterocycles. The van der Waals surface area contributed by atoms with Gasteiger partial charge in [-0.1, -0.05) is 0 Å². The lowest BCUT2D eigenvalue weighted by Crippen LogP contribution is -2.29. The van der Waals surface area contributed by atoms with Crippen LogP contribution in [0.5, 0.6) is 0 Å². The van der Waals surface area contributed by atoms with Crippen LogP contribution in [0.2, 0.25) is 0 Å². The summed E-state index contributed by atoms with van der Waals surface area (Å²) in [4.78, 5) is 10.9. The summed E-state index contributed by atoms with van der Waals surface area (Å²) in [7, 11) is 1.29. The zero-order valence-corrected chi connectivity index (χ0v) is 6.98. The lowest BCUT2D eigenvalue weighted by Gasteiger charge is -2.26. The molecule has 4 heteroatoms. The molecule has 0 aromatic rings. The number of hydrogen-bond acceptors (Lipinski definition) is 2. The van der Waals surface area contributed by atoms with Gasteiger partial charge in [-0.05, 0) is 12.8 Å². The third-order valence-corrected chi connectivity index (χ3v) is 2.25. The van der Waals surface area contributed by atoms with Crippen LogP contribution in [0, 0.1) is 5.92 Å². The molecule has 0 radical (unpaired) electrons. The molecule has 0 unspecified atom stereocenters. The average molecular weight is 178 g/mol. The van der Waals surface area contributed by atoms with Crippen molar-refractivity contribution in [2.24, 2.45) is 5.92 Å². The molecule has 0 aromatic carbocycles. The lowest BCUT2D eigenvalue weighted by atomic mass is 9.87. The van der Waals surface area contributed by atoms with Gasteiger partial charge in [0.05, 0.1) is 13.0 Å². The maximum Gasteiger partial charge on any atom is 0.308 e. The number of methoxy groups -OCH3 is 1. The van der Waals surface area contributed by atoms with Crippen LogP contribution in [0.1, 0.15) is 25.7 Å². The van der Waals surface area contributed by atoms with Crippen LogP contribution in [-0.2, 0) is 9.53 Å². The van der Waals surface area contributed by atoms with Crippen molar-refractivity contribution in [2.45, 2.75) is 31.6 Å². The molecule has 70 valence electrons. The maximum atomic E-state index is 12.6. The molecule has 1 fully saturated rings. The Labute approximate surface area is 69.9 Å². The van der Waals surface area contributed by atoms with Crippen LogP contribution in [0.4, 0.5) is 8.78 Å². The fourth-order valence-corrected chi connectivity index (χ4v) is 1.44. The van der Waals surface area contributed by atoms with Crippen molar-refractivity contribution < 1.29 is 18.3 Å². The predicted molar refractivity (Wildman–Crippen MR) is 38.9 cm³/mol. The number of carbonyl (C=O) groups is 1. The highest BCUT2D eigenvalue weighted by atomic mass is 19.3. The Hall–Kier alpha value is -0.670. The number of ether oxygens (including phenoxy) is 1. The largest absolute Gasteiger partial charge is 0.469 e. The van der Waals surface area contributed by atoms with E-state index in [1.54, 1.807) is 0 Å². The van der Waals surface area contributed by atoms with E-state index in [-0.39, 0.29) is 37.6 Å². The lowest BCUT2D eigenvalue weighted by molar-refractivity contribution is -0.149. The number of hydrogen-bond donors (Lipinski definition) is 0. The van der Waals surface area contributed by atoms with Crippen molar-refractivity contribution >= 4 is 5.97 Å². The van der Waals surface area contributed by atoms with Gasteiger partial charge in [0.25, 0.3) is 0 Å². The monoisotopic (exact) mass is 178 g/mol. The minimum atomic E-state index is -2.56. The summed E-state index contributed by atoms with van der Waals surface area (Å²) in [6, 6.07) is 0. The van der Waals surface area contributed by atoms with Crippen LogP contribution in [0.3, 0.4) is 0 Å². The molecular formula is C8H12F2O2. The molecule has 12 heavy (non-hydrogen) atoms. The quantitative estimate of drug-likeness (QED) is 0.574. The molecule has 2 nitrogen and oxygen atoms in total. The smallest absolute Gasteiger partial charge is 0.308 e. The van der Waals surface area contributed by atoms with E-state index in [0.29, 0.717) is 0 Å². The third kappa shape index (κ3) is 2.16. The molecular weight excluding hydrogens is 166 g/mol. The van der Waals surface area contributed by atoms with E-state index in [2.05, 4.69) is 4.74 Å². The Morgan fingerprint density at radius 2 is 1.92 bits per heavy atom. The first kappa shape index (κ1) is 9.42. The Kier molecular flexibility index (Phi) is 2.65. The first-order chi connectivity index (χ1) is 5.55. The Morgan fingerprint density at radius 1 is 1.42 bits per heavy atom. The van der Waals surface area contributed by atoms with E-state index in [0.717, 1.165) is 0 Å². The maximum absolute atomic E-state index is 12.6. The van der Waals surface area contributed by atoms with E-state index in [9.17, 15) is 13.6 Å². The zero-order chi connectivity index (χ0) is 9.19. The summed E-state index contributed by atoms with van der Waals surface area (Å²) < 4.78 is 29.7. The van der Waals surface area contributed by atoms with Gasteiger partial charge < -0.3 is 4.74 Å².